The molecule has 5 nitrogen and oxygen atoms in total. The summed E-state index contributed by atoms with van der Waals surface area (Å²) in [5.74, 6) is 1.51. The summed E-state index contributed by atoms with van der Waals surface area (Å²) in [5.41, 5.74) is 1.28. The quantitative estimate of drug-likeness (QED) is 0.866. The average molecular weight is 329 g/mol. The fraction of sp³-hybridized carbons (Fsp3) is 0.471. The standard InChI is InChI=1S/C17H19N3O2S/c1-2-15-18-16(19-22-15)12-7-5-9-20(12)17(21)14-10-11-6-3-4-8-13(11)23-14/h3-4,6,8,12,14H,2,5,7,9-10H2,1H3/t12-,14+/m1/s1. The van der Waals surface area contributed by atoms with Crippen LogP contribution in [0, 0.1) is 0 Å². The molecule has 2 aromatic rings. The van der Waals surface area contributed by atoms with E-state index in [1.165, 1.54) is 10.5 Å². The van der Waals surface area contributed by atoms with Crippen LogP contribution in [0.2, 0.25) is 0 Å². The van der Waals surface area contributed by atoms with E-state index in [9.17, 15) is 4.79 Å². The van der Waals surface area contributed by atoms with Gasteiger partial charge in [0.15, 0.2) is 5.82 Å². The Kier molecular flexibility index (Phi) is 3.85. The van der Waals surface area contributed by atoms with E-state index < -0.39 is 0 Å². The molecule has 0 unspecified atom stereocenters. The summed E-state index contributed by atoms with van der Waals surface area (Å²) in [6.07, 6.45) is 3.45. The molecular weight excluding hydrogens is 310 g/mol. The zero-order valence-corrected chi connectivity index (χ0v) is 13.9. The maximum absolute atomic E-state index is 13.0. The van der Waals surface area contributed by atoms with Crippen molar-refractivity contribution in [3.63, 3.8) is 0 Å². The topological polar surface area (TPSA) is 59.2 Å². The molecule has 3 heterocycles. The Morgan fingerprint density at radius 1 is 1.43 bits per heavy atom. The Balaban J connectivity index is 1.52. The first-order valence-corrected chi connectivity index (χ1v) is 9.01. The zero-order chi connectivity index (χ0) is 15.8. The molecule has 1 saturated heterocycles. The molecule has 0 aliphatic carbocycles. The van der Waals surface area contributed by atoms with Crippen LogP contribution >= 0.6 is 11.8 Å². The van der Waals surface area contributed by atoms with E-state index in [4.69, 9.17) is 4.52 Å². The van der Waals surface area contributed by atoms with Crippen LogP contribution in [-0.4, -0.2) is 32.7 Å². The number of carbonyl (C=O) groups excluding carboxylic acids is 1. The minimum absolute atomic E-state index is 0.0226. The van der Waals surface area contributed by atoms with Gasteiger partial charge in [-0.15, -0.1) is 11.8 Å². The van der Waals surface area contributed by atoms with Crippen LogP contribution in [0.3, 0.4) is 0 Å². The lowest BCUT2D eigenvalue weighted by Gasteiger charge is -2.24. The van der Waals surface area contributed by atoms with E-state index in [1.54, 1.807) is 11.8 Å². The van der Waals surface area contributed by atoms with Crippen LogP contribution in [0.25, 0.3) is 0 Å². The molecule has 2 aliphatic rings. The molecule has 4 rings (SSSR count). The van der Waals surface area contributed by atoms with Gasteiger partial charge in [-0.3, -0.25) is 4.79 Å². The van der Waals surface area contributed by atoms with Crippen molar-refractivity contribution in [2.75, 3.05) is 6.54 Å². The molecule has 1 aromatic heterocycles. The van der Waals surface area contributed by atoms with Gasteiger partial charge in [-0.25, -0.2) is 0 Å². The molecule has 2 aliphatic heterocycles. The Bertz CT molecular complexity index is 705. The molecule has 0 spiro atoms. The van der Waals surface area contributed by atoms with E-state index in [-0.39, 0.29) is 17.2 Å². The van der Waals surface area contributed by atoms with Crippen LogP contribution < -0.4 is 0 Å². The summed E-state index contributed by atoms with van der Waals surface area (Å²) in [7, 11) is 0. The fourth-order valence-corrected chi connectivity index (χ4v) is 4.62. The van der Waals surface area contributed by atoms with Crippen LogP contribution in [0.5, 0.6) is 0 Å². The monoisotopic (exact) mass is 329 g/mol. The van der Waals surface area contributed by atoms with Gasteiger partial charge in [0.2, 0.25) is 11.8 Å². The number of fused-ring (bicyclic) bond motifs is 1. The second-order valence-electron chi connectivity index (χ2n) is 6.01. The second-order valence-corrected chi connectivity index (χ2v) is 7.25. The minimum Gasteiger partial charge on any atom is -0.339 e. The molecule has 0 saturated carbocycles. The molecule has 0 bridgehead atoms. The molecule has 2 atom stereocenters. The van der Waals surface area contributed by atoms with Crippen LogP contribution in [-0.2, 0) is 17.6 Å². The van der Waals surface area contributed by atoms with Crippen LogP contribution in [0.1, 0.15) is 43.1 Å². The molecule has 120 valence electrons. The van der Waals surface area contributed by atoms with Crippen molar-refractivity contribution >= 4 is 17.7 Å². The van der Waals surface area contributed by atoms with Crippen molar-refractivity contribution in [3.05, 3.63) is 41.5 Å². The van der Waals surface area contributed by atoms with Gasteiger partial charge in [0.05, 0.1) is 11.3 Å². The van der Waals surface area contributed by atoms with Gasteiger partial charge in [-0.1, -0.05) is 30.3 Å². The third-order valence-corrected chi connectivity index (χ3v) is 5.85. The molecule has 23 heavy (non-hydrogen) atoms. The summed E-state index contributed by atoms with van der Waals surface area (Å²) >= 11 is 1.68. The predicted molar refractivity (Wildman–Crippen MR) is 87.2 cm³/mol. The van der Waals surface area contributed by atoms with Crippen molar-refractivity contribution in [3.8, 4) is 0 Å². The maximum Gasteiger partial charge on any atom is 0.237 e. The van der Waals surface area contributed by atoms with E-state index >= 15 is 0 Å². The minimum atomic E-state index is -0.0316. The SMILES string of the molecule is CCc1nc([C@H]2CCCN2C(=O)[C@@H]2Cc3ccccc3S2)no1. The molecule has 0 radical (unpaired) electrons. The van der Waals surface area contributed by atoms with E-state index in [0.29, 0.717) is 11.7 Å². The Morgan fingerprint density at radius 2 is 2.30 bits per heavy atom. The van der Waals surface area contributed by atoms with Crippen molar-refractivity contribution in [2.45, 2.75) is 48.8 Å². The highest BCUT2D eigenvalue weighted by Crippen LogP contribution is 2.40. The molecule has 6 heteroatoms. The van der Waals surface area contributed by atoms with Gasteiger partial charge < -0.3 is 9.42 Å². The van der Waals surface area contributed by atoms with Gasteiger partial charge in [0.25, 0.3) is 0 Å². The highest BCUT2D eigenvalue weighted by atomic mass is 32.2. The smallest absolute Gasteiger partial charge is 0.237 e. The number of nitrogens with zero attached hydrogens (tertiary/aromatic N) is 3. The summed E-state index contributed by atoms with van der Waals surface area (Å²) in [5, 5.41) is 4.06. The van der Waals surface area contributed by atoms with E-state index in [1.807, 2.05) is 24.0 Å². The zero-order valence-electron chi connectivity index (χ0n) is 13.1. The average Bonchev–Trinajstić information content (AvgIpc) is 3.30. The number of hydrogen-bond donors (Lipinski definition) is 0. The van der Waals surface area contributed by atoms with Gasteiger partial charge >= 0.3 is 0 Å². The Morgan fingerprint density at radius 3 is 3.09 bits per heavy atom. The lowest BCUT2D eigenvalue weighted by Crippen LogP contribution is -2.37. The van der Waals surface area contributed by atoms with Crippen LogP contribution in [0.4, 0.5) is 0 Å². The number of likely N-dealkylation sites (tertiary alicyclic amines) is 1. The van der Waals surface area contributed by atoms with Crippen molar-refractivity contribution in [2.24, 2.45) is 0 Å². The van der Waals surface area contributed by atoms with Gasteiger partial charge in [0, 0.05) is 17.9 Å². The number of rotatable bonds is 3. The summed E-state index contributed by atoms with van der Waals surface area (Å²) < 4.78 is 5.23. The first kappa shape index (κ1) is 14.8. The lowest BCUT2D eigenvalue weighted by molar-refractivity contribution is -0.131. The number of hydrogen-bond acceptors (Lipinski definition) is 5. The van der Waals surface area contributed by atoms with Crippen molar-refractivity contribution < 1.29 is 9.32 Å². The first-order valence-electron chi connectivity index (χ1n) is 8.13. The molecule has 1 aromatic carbocycles. The Hall–Kier alpha value is -1.82. The van der Waals surface area contributed by atoms with E-state index in [0.717, 1.165) is 32.2 Å². The third-order valence-electron chi connectivity index (χ3n) is 4.54. The van der Waals surface area contributed by atoms with Crippen molar-refractivity contribution in [1.82, 2.24) is 15.0 Å². The summed E-state index contributed by atoms with van der Waals surface area (Å²) in [4.78, 5) is 20.6. The lowest BCUT2D eigenvalue weighted by atomic mass is 10.1. The Labute approximate surface area is 139 Å². The highest BCUT2D eigenvalue weighted by Gasteiger charge is 2.38. The number of thioether (sulfide) groups is 1. The summed E-state index contributed by atoms with van der Waals surface area (Å²) in [6, 6.07) is 8.25. The number of aryl methyl sites for hydroxylation is 1. The van der Waals surface area contributed by atoms with Gasteiger partial charge in [0.1, 0.15) is 0 Å². The van der Waals surface area contributed by atoms with E-state index in [2.05, 4.69) is 22.3 Å². The number of benzene rings is 1. The molecular formula is C17H19N3O2S. The van der Waals surface area contributed by atoms with Gasteiger partial charge in [-0.05, 0) is 30.9 Å². The first-order chi connectivity index (χ1) is 11.3. The highest BCUT2D eigenvalue weighted by molar-refractivity contribution is 8.01. The predicted octanol–water partition coefficient (Wildman–Crippen LogP) is 3.01. The summed E-state index contributed by atoms with van der Waals surface area (Å²) in [6.45, 7) is 2.77. The molecule has 0 N–H and O–H groups in total. The van der Waals surface area contributed by atoms with Gasteiger partial charge in [-0.2, -0.15) is 4.98 Å². The van der Waals surface area contributed by atoms with Crippen molar-refractivity contribution in [1.29, 1.82) is 0 Å². The van der Waals surface area contributed by atoms with Crippen LogP contribution in [0.15, 0.2) is 33.7 Å². The number of carbonyl (C=O) groups is 1. The number of aromatic nitrogens is 2. The maximum atomic E-state index is 13.0. The number of amides is 1. The third kappa shape index (κ3) is 2.65. The normalized spacial score (nSPS) is 23.3. The fourth-order valence-electron chi connectivity index (χ4n) is 3.35. The molecule has 1 amide bonds. The molecule has 1 fully saturated rings. The largest absolute Gasteiger partial charge is 0.339 e. The second kappa shape index (κ2) is 6.00.